The number of halogens is 1. The first-order valence-corrected chi connectivity index (χ1v) is 5.74. The van der Waals surface area contributed by atoms with E-state index >= 15 is 0 Å². The summed E-state index contributed by atoms with van der Waals surface area (Å²) < 4.78 is 1.91. The molecule has 4 nitrogen and oxygen atoms in total. The minimum Gasteiger partial charge on any atom is -0.307 e. The number of aromatic nitrogens is 2. The lowest BCUT2D eigenvalue weighted by atomic mass is 10.2. The third-order valence-corrected chi connectivity index (χ3v) is 3.08. The summed E-state index contributed by atoms with van der Waals surface area (Å²) in [6.07, 6.45) is 0. The lowest BCUT2D eigenvalue weighted by molar-refractivity contribution is 0.552. The van der Waals surface area contributed by atoms with Gasteiger partial charge in [-0.1, -0.05) is 6.07 Å². The van der Waals surface area contributed by atoms with E-state index in [0.29, 0.717) is 15.4 Å². The number of aromatic amines is 1. The Morgan fingerprint density at radius 1 is 1.31 bits per heavy atom. The number of fused-ring (bicyclic) bond motifs is 1. The highest BCUT2D eigenvalue weighted by Crippen LogP contribution is 2.18. The molecule has 0 aliphatic heterocycles. The van der Waals surface area contributed by atoms with E-state index in [1.54, 1.807) is 32.0 Å². The summed E-state index contributed by atoms with van der Waals surface area (Å²) in [5, 5.41) is 0.510. The molecule has 1 aromatic heterocycles. The molecule has 0 aliphatic rings. The van der Waals surface area contributed by atoms with Gasteiger partial charge in [0.15, 0.2) is 0 Å². The van der Waals surface area contributed by atoms with E-state index in [9.17, 15) is 9.59 Å². The first-order chi connectivity index (χ1) is 7.52. The van der Waals surface area contributed by atoms with Crippen LogP contribution in [0.1, 0.15) is 19.9 Å². The molecule has 0 amide bonds. The zero-order valence-electron chi connectivity index (χ0n) is 8.95. The largest absolute Gasteiger partial charge is 0.329 e. The molecule has 0 fully saturated rings. The van der Waals surface area contributed by atoms with Gasteiger partial charge in [0.25, 0.3) is 5.56 Å². The molecule has 0 radical (unpaired) electrons. The molecule has 0 spiro atoms. The van der Waals surface area contributed by atoms with Crippen LogP contribution in [0.4, 0.5) is 0 Å². The van der Waals surface area contributed by atoms with Crippen LogP contribution in [0.3, 0.4) is 0 Å². The van der Waals surface area contributed by atoms with Gasteiger partial charge in [-0.25, -0.2) is 4.79 Å². The first kappa shape index (κ1) is 11.1. The third kappa shape index (κ3) is 1.61. The summed E-state index contributed by atoms with van der Waals surface area (Å²) in [5.74, 6) is 0. The van der Waals surface area contributed by atoms with Gasteiger partial charge in [0, 0.05) is 10.5 Å². The highest BCUT2D eigenvalue weighted by atomic mass is 79.9. The number of hydrogen-bond donors (Lipinski definition) is 1. The highest BCUT2D eigenvalue weighted by molar-refractivity contribution is 9.10. The van der Waals surface area contributed by atoms with Gasteiger partial charge in [0.1, 0.15) is 0 Å². The Bertz CT molecular complexity index is 655. The van der Waals surface area contributed by atoms with Crippen LogP contribution in [-0.2, 0) is 0 Å². The highest BCUT2D eigenvalue weighted by Gasteiger charge is 2.11. The molecule has 1 aromatic carbocycles. The standard InChI is InChI=1S/C11H11BrN2O2/c1-6(2)14-10(15)9-7(12)4-3-5-8(9)13-11(14)16/h3-6H,1-2H3,(H,13,16). The predicted molar refractivity (Wildman–Crippen MR) is 66.9 cm³/mol. The van der Waals surface area contributed by atoms with E-state index in [-0.39, 0.29) is 17.3 Å². The third-order valence-electron chi connectivity index (χ3n) is 2.42. The second-order valence-electron chi connectivity index (χ2n) is 3.86. The quantitative estimate of drug-likeness (QED) is 0.870. The van der Waals surface area contributed by atoms with Crippen LogP contribution in [0.2, 0.25) is 0 Å². The normalized spacial score (nSPS) is 11.2. The lowest BCUT2D eigenvalue weighted by Gasteiger charge is -2.09. The zero-order valence-corrected chi connectivity index (χ0v) is 10.5. The van der Waals surface area contributed by atoms with Crippen LogP contribution in [-0.4, -0.2) is 9.55 Å². The molecule has 0 atom stereocenters. The van der Waals surface area contributed by atoms with Crippen molar-refractivity contribution >= 4 is 26.8 Å². The van der Waals surface area contributed by atoms with Crippen LogP contribution in [0.15, 0.2) is 32.3 Å². The monoisotopic (exact) mass is 282 g/mol. The Labute approximate surface area is 100 Å². The molecule has 84 valence electrons. The lowest BCUT2D eigenvalue weighted by Crippen LogP contribution is -2.36. The van der Waals surface area contributed by atoms with Gasteiger partial charge in [-0.05, 0) is 41.9 Å². The molecule has 2 aromatic rings. The van der Waals surface area contributed by atoms with Gasteiger partial charge >= 0.3 is 5.69 Å². The van der Waals surface area contributed by atoms with Crippen molar-refractivity contribution in [1.82, 2.24) is 9.55 Å². The fourth-order valence-electron chi connectivity index (χ4n) is 1.70. The maximum Gasteiger partial charge on any atom is 0.329 e. The number of hydrogen-bond acceptors (Lipinski definition) is 2. The van der Waals surface area contributed by atoms with Crippen LogP contribution in [0, 0.1) is 0 Å². The first-order valence-electron chi connectivity index (χ1n) is 4.95. The van der Waals surface area contributed by atoms with Crippen LogP contribution in [0.5, 0.6) is 0 Å². The summed E-state index contributed by atoms with van der Waals surface area (Å²) in [6.45, 7) is 3.61. The molecule has 0 saturated carbocycles. The average Bonchev–Trinajstić information content (AvgIpc) is 2.15. The Morgan fingerprint density at radius 2 is 2.00 bits per heavy atom. The number of rotatable bonds is 1. The van der Waals surface area contributed by atoms with Gasteiger partial charge in [0.2, 0.25) is 0 Å². The fourth-order valence-corrected chi connectivity index (χ4v) is 2.24. The van der Waals surface area contributed by atoms with Crippen molar-refractivity contribution in [3.63, 3.8) is 0 Å². The van der Waals surface area contributed by atoms with E-state index in [1.165, 1.54) is 4.57 Å². The van der Waals surface area contributed by atoms with Gasteiger partial charge in [-0.15, -0.1) is 0 Å². The van der Waals surface area contributed by atoms with Crippen LogP contribution in [0.25, 0.3) is 10.9 Å². The summed E-state index contributed by atoms with van der Waals surface area (Å²) in [4.78, 5) is 26.5. The van der Waals surface area contributed by atoms with Crippen molar-refractivity contribution in [2.75, 3.05) is 0 Å². The number of benzene rings is 1. The van der Waals surface area contributed by atoms with E-state index in [4.69, 9.17) is 0 Å². The molecule has 5 heteroatoms. The van der Waals surface area contributed by atoms with Gasteiger partial charge < -0.3 is 4.98 Å². The number of H-pyrrole nitrogens is 1. The molecular formula is C11H11BrN2O2. The molecule has 0 unspecified atom stereocenters. The average molecular weight is 283 g/mol. The van der Waals surface area contributed by atoms with Gasteiger partial charge in [0.05, 0.1) is 10.9 Å². The topological polar surface area (TPSA) is 54.9 Å². The predicted octanol–water partition coefficient (Wildman–Crippen LogP) is 2.03. The van der Waals surface area contributed by atoms with Crippen molar-refractivity contribution in [3.8, 4) is 0 Å². The molecule has 2 rings (SSSR count). The SMILES string of the molecule is CC(C)n1c(=O)[nH]c2cccc(Br)c2c1=O. The molecule has 1 N–H and O–H groups in total. The van der Waals surface area contributed by atoms with Crippen LogP contribution >= 0.6 is 15.9 Å². The molecule has 16 heavy (non-hydrogen) atoms. The molecular weight excluding hydrogens is 272 g/mol. The molecule has 0 saturated heterocycles. The van der Waals surface area contributed by atoms with E-state index < -0.39 is 0 Å². The Morgan fingerprint density at radius 3 is 2.62 bits per heavy atom. The fraction of sp³-hybridized carbons (Fsp3) is 0.273. The maximum atomic E-state index is 12.1. The Balaban J connectivity index is 3.04. The molecule has 0 aliphatic carbocycles. The van der Waals surface area contributed by atoms with Gasteiger partial charge in [-0.2, -0.15) is 0 Å². The Hall–Kier alpha value is -1.36. The van der Waals surface area contributed by atoms with Crippen molar-refractivity contribution in [2.45, 2.75) is 19.9 Å². The summed E-state index contributed by atoms with van der Waals surface area (Å²) in [6, 6.07) is 5.12. The summed E-state index contributed by atoms with van der Waals surface area (Å²) >= 11 is 3.32. The van der Waals surface area contributed by atoms with Crippen molar-refractivity contribution in [1.29, 1.82) is 0 Å². The second kappa shape index (κ2) is 3.90. The summed E-state index contributed by atoms with van der Waals surface area (Å²) in [5.41, 5.74) is -0.0758. The van der Waals surface area contributed by atoms with Gasteiger partial charge in [-0.3, -0.25) is 9.36 Å². The van der Waals surface area contributed by atoms with Crippen molar-refractivity contribution in [2.24, 2.45) is 0 Å². The minimum absolute atomic E-state index is 0.159. The molecule has 1 heterocycles. The van der Waals surface area contributed by atoms with Crippen LogP contribution < -0.4 is 11.2 Å². The van der Waals surface area contributed by atoms with Crippen molar-refractivity contribution < 1.29 is 0 Å². The maximum absolute atomic E-state index is 12.1. The smallest absolute Gasteiger partial charge is 0.307 e. The summed E-state index contributed by atoms with van der Waals surface area (Å²) in [7, 11) is 0. The van der Waals surface area contributed by atoms with E-state index in [2.05, 4.69) is 20.9 Å². The van der Waals surface area contributed by atoms with E-state index in [1.807, 2.05) is 0 Å². The molecule has 0 bridgehead atoms. The second-order valence-corrected chi connectivity index (χ2v) is 4.72. The van der Waals surface area contributed by atoms with Crippen molar-refractivity contribution in [3.05, 3.63) is 43.5 Å². The Kier molecular flexibility index (Phi) is 2.71. The zero-order chi connectivity index (χ0) is 11.9. The van der Waals surface area contributed by atoms with E-state index in [0.717, 1.165) is 0 Å². The number of nitrogens with one attached hydrogen (secondary N) is 1. The minimum atomic E-state index is -0.370. The number of nitrogens with zero attached hydrogens (tertiary/aromatic N) is 1.